The lowest BCUT2D eigenvalue weighted by atomic mass is 10.3. The largest absolute Gasteiger partial charge is 0.374 e. The topological polar surface area (TPSA) is 58.4 Å². The van der Waals surface area contributed by atoms with Crippen molar-refractivity contribution in [3.63, 3.8) is 0 Å². The summed E-state index contributed by atoms with van der Waals surface area (Å²) in [5.41, 5.74) is 8.94. The second kappa shape index (κ2) is 6.53. The number of thiocarbonyl (C=S) groups is 1. The van der Waals surface area contributed by atoms with E-state index in [1.807, 2.05) is 5.38 Å². The minimum absolute atomic E-state index is 0.0355. The maximum Gasteiger partial charge on any atom is 0.281 e. The summed E-state index contributed by atoms with van der Waals surface area (Å²) in [7, 11) is 0. The Labute approximate surface area is 138 Å². The highest BCUT2D eigenvalue weighted by Gasteiger charge is 2.17. The molecule has 0 aliphatic carbocycles. The fraction of sp³-hybridized carbons (Fsp3) is 0. The Bertz CT molecular complexity index is 644. The maximum absolute atomic E-state index is 12.2. The van der Waals surface area contributed by atoms with Crippen LogP contribution in [0.3, 0.4) is 0 Å². The molecule has 1 amide bonds. The number of rotatable bonds is 2. The van der Waals surface area contributed by atoms with E-state index in [1.165, 1.54) is 16.3 Å². The van der Waals surface area contributed by atoms with E-state index < -0.39 is 0 Å². The lowest BCUT2D eigenvalue weighted by Crippen LogP contribution is -2.49. The molecule has 8 heteroatoms. The van der Waals surface area contributed by atoms with Gasteiger partial charge in [-0.15, -0.1) is 11.3 Å². The molecule has 0 radical (unpaired) electrons. The van der Waals surface area contributed by atoms with Crippen molar-refractivity contribution in [2.24, 2.45) is 5.73 Å². The molecule has 4 nitrogen and oxygen atoms in total. The summed E-state index contributed by atoms with van der Waals surface area (Å²) in [6, 6.07) is 8.61. The van der Waals surface area contributed by atoms with Crippen LogP contribution in [0.15, 0.2) is 40.2 Å². The fourth-order valence-electron chi connectivity index (χ4n) is 1.45. The maximum atomic E-state index is 12.2. The van der Waals surface area contributed by atoms with Crippen molar-refractivity contribution in [2.45, 2.75) is 0 Å². The highest BCUT2D eigenvalue weighted by atomic mass is 79.9. The second-order valence-corrected chi connectivity index (χ2v) is 6.31. The van der Waals surface area contributed by atoms with Crippen LogP contribution in [0, 0.1) is 0 Å². The van der Waals surface area contributed by atoms with Gasteiger partial charge in [0, 0.05) is 9.50 Å². The van der Waals surface area contributed by atoms with Crippen molar-refractivity contribution in [3.8, 4) is 0 Å². The van der Waals surface area contributed by atoms with Gasteiger partial charge < -0.3 is 5.73 Å². The average Bonchev–Trinajstić information content (AvgIpc) is 2.83. The number of benzene rings is 1. The molecule has 2 aromatic rings. The third-order valence-electron chi connectivity index (χ3n) is 2.34. The molecular weight excluding hydrogens is 382 g/mol. The zero-order valence-electron chi connectivity index (χ0n) is 9.97. The van der Waals surface area contributed by atoms with Gasteiger partial charge in [-0.05, 0) is 63.9 Å². The highest BCUT2D eigenvalue weighted by Crippen LogP contribution is 2.23. The van der Waals surface area contributed by atoms with Crippen molar-refractivity contribution < 1.29 is 4.79 Å². The molecule has 0 atom stereocenters. The quantitative estimate of drug-likeness (QED) is 0.608. The lowest BCUT2D eigenvalue weighted by molar-refractivity contribution is 0.0958. The normalized spacial score (nSPS) is 10.1. The molecule has 0 saturated carbocycles. The summed E-state index contributed by atoms with van der Waals surface area (Å²) in [5, 5.41) is 3.77. The first-order valence-corrected chi connectivity index (χ1v) is 7.84. The Hall–Kier alpha value is -1.15. The lowest BCUT2D eigenvalue weighted by Gasteiger charge is -2.23. The molecule has 3 N–H and O–H groups in total. The Morgan fingerprint density at radius 1 is 1.35 bits per heavy atom. The van der Waals surface area contributed by atoms with Gasteiger partial charge in [0.25, 0.3) is 5.91 Å². The minimum atomic E-state index is -0.297. The summed E-state index contributed by atoms with van der Waals surface area (Å²) in [6.45, 7) is 0. The molecule has 1 aromatic heterocycles. The van der Waals surface area contributed by atoms with Crippen molar-refractivity contribution >= 4 is 67.8 Å². The predicted molar refractivity (Wildman–Crippen MR) is 90.2 cm³/mol. The summed E-state index contributed by atoms with van der Waals surface area (Å²) in [4.78, 5) is 12.7. The zero-order valence-corrected chi connectivity index (χ0v) is 13.9. The summed E-state index contributed by atoms with van der Waals surface area (Å²) in [5.74, 6) is -0.297. The number of amides is 1. The predicted octanol–water partition coefficient (Wildman–Crippen LogP) is 3.56. The van der Waals surface area contributed by atoms with E-state index >= 15 is 0 Å². The number of nitrogens with zero attached hydrogens (tertiary/aromatic N) is 1. The highest BCUT2D eigenvalue weighted by molar-refractivity contribution is 9.10. The number of nitrogens with two attached hydrogens (primary N) is 1. The first kappa shape index (κ1) is 15.2. The molecule has 0 spiro atoms. The van der Waals surface area contributed by atoms with E-state index in [9.17, 15) is 4.79 Å². The standard InChI is InChI=1S/C12H9BrClN3OS2/c13-9-5-6-20-10(9)11(18)16-17(12(15)19)8-3-1-7(14)2-4-8/h1-6H,(H2,15,19)(H,16,18). The van der Waals surface area contributed by atoms with E-state index in [-0.39, 0.29) is 11.0 Å². The molecule has 0 aliphatic rings. The van der Waals surface area contributed by atoms with Gasteiger partial charge in [0.05, 0.1) is 5.69 Å². The molecule has 1 heterocycles. The van der Waals surface area contributed by atoms with Crippen LogP contribution in [0.1, 0.15) is 9.67 Å². The third kappa shape index (κ3) is 3.49. The van der Waals surface area contributed by atoms with Crippen molar-refractivity contribution in [3.05, 3.63) is 50.1 Å². The smallest absolute Gasteiger partial charge is 0.281 e. The number of halogens is 2. The Kier molecular flexibility index (Phi) is 4.98. The third-order valence-corrected chi connectivity index (χ3v) is 4.61. The van der Waals surface area contributed by atoms with Gasteiger partial charge in [-0.3, -0.25) is 10.2 Å². The van der Waals surface area contributed by atoms with Gasteiger partial charge in [-0.1, -0.05) is 11.6 Å². The minimum Gasteiger partial charge on any atom is -0.374 e. The summed E-state index contributed by atoms with van der Waals surface area (Å²) in [6.07, 6.45) is 0. The number of hydrazine groups is 1. The molecule has 0 saturated heterocycles. The van der Waals surface area contributed by atoms with E-state index in [2.05, 4.69) is 21.4 Å². The van der Waals surface area contributed by atoms with Crippen LogP contribution in [-0.4, -0.2) is 11.0 Å². The molecule has 0 fully saturated rings. The molecule has 0 aliphatic heterocycles. The monoisotopic (exact) mass is 389 g/mol. The first-order valence-electron chi connectivity index (χ1n) is 5.38. The Morgan fingerprint density at radius 3 is 2.50 bits per heavy atom. The van der Waals surface area contributed by atoms with Crippen molar-refractivity contribution in [2.75, 3.05) is 5.01 Å². The van der Waals surface area contributed by atoms with Crippen LogP contribution in [0.25, 0.3) is 0 Å². The van der Waals surface area contributed by atoms with Crippen LogP contribution in [-0.2, 0) is 0 Å². The van der Waals surface area contributed by atoms with Gasteiger partial charge in [-0.2, -0.15) is 0 Å². The van der Waals surface area contributed by atoms with Crippen molar-refractivity contribution in [1.82, 2.24) is 5.43 Å². The molecule has 0 unspecified atom stereocenters. The van der Waals surface area contributed by atoms with E-state index in [0.717, 1.165) is 4.47 Å². The molecule has 20 heavy (non-hydrogen) atoms. The second-order valence-electron chi connectivity index (χ2n) is 3.69. The number of anilines is 1. The van der Waals surface area contributed by atoms with Crippen molar-refractivity contribution in [1.29, 1.82) is 0 Å². The van der Waals surface area contributed by atoms with E-state index in [4.69, 9.17) is 29.6 Å². The summed E-state index contributed by atoms with van der Waals surface area (Å²) >= 11 is 15.4. The van der Waals surface area contributed by atoms with Gasteiger partial charge >= 0.3 is 0 Å². The Morgan fingerprint density at radius 2 is 2.00 bits per heavy atom. The number of thiophene rings is 1. The van der Waals surface area contributed by atoms with Crippen LogP contribution >= 0.6 is 51.1 Å². The van der Waals surface area contributed by atoms with E-state index in [1.54, 1.807) is 30.3 Å². The number of nitrogens with one attached hydrogen (secondary N) is 1. The van der Waals surface area contributed by atoms with Crippen LogP contribution in [0.4, 0.5) is 5.69 Å². The first-order chi connectivity index (χ1) is 9.49. The fourth-order valence-corrected chi connectivity index (χ4v) is 3.16. The summed E-state index contributed by atoms with van der Waals surface area (Å²) < 4.78 is 0.721. The number of hydrogen-bond donors (Lipinski definition) is 2. The Balaban J connectivity index is 2.22. The van der Waals surface area contributed by atoms with E-state index in [0.29, 0.717) is 15.6 Å². The zero-order chi connectivity index (χ0) is 14.7. The van der Waals surface area contributed by atoms with Gasteiger partial charge in [-0.25, -0.2) is 5.01 Å². The molecular formula is C12H9BrClN3OS2. The van der Waals surface area contributed by atoms with Gasteiger partial charge in [0.15, 0.2) is 5.11 Å². The molecule has 2 rings (SSSR count). The molecule has 104 valence electrons. The average molecular weight is 391 g/mol. The van der Waals surface area contributed by atoms with Crippen LogP contribution < -0.4 is 16.2 Å². The number of carbonyl (C=O) groups is 1. The van der Waals surface area contributed by atoms with Crippen LogP contribution in [0.5, 0.6) is 0 Å². The molecule has 0 bridgehead atoms. The van der Waals surface area contributed by atoms with Gasteiger partial charge in [0.1, 0.15) is 4.88 Å². The number of hydrogen-bond acceptors (Lipinski definition) is 3. The number of carbonyl (C=O) groups excluding carboxylic acids is 1. The van der Waals surface area contributed by atoms with Gasteiger partial charge in [0.2, 0.25) is 0 Å². The van der Waals surface area contributed by atoms with Crippen LogP contribution in [0.2, 0.25) is 5.02 Å². The molecule has 1 aromatic carbocycles. The SMILES string of the molecule is NC(=S)N(NC(=O)c1sccc1Br)c1ccc(Cl)cc1.